The molecule has 2 N–H and O–H groups in total. The first-order valence-corrected chi connectivity index (χ1v) is 10.2. The van der Waals surface area contributed by atoms with Crippen molar-refractivity contribution < 1.29 is 19.2 Å². The molecule has 28 heavy (non-hydrogen) atoms. The van der Waals surface area contributed by atoms with Crippen LogP contribution in [0.15, 0.2) is 48.5 Å². The van der Waals surface area contributed by atoms with E-state index in [0.29, 0.717) is 23.7 Å². The van der Waals surface area contributed by atoms with Crippen molar-refractivity contribution in [3.05, 3.63) is 59.7 Å². The summed E-state index contributed by atoms with van der Waals surface area (Å²) in [4.78, 5) is 14.3. The number of ether oxygens (including phenoxy) is 2. The summed E-state index contributed by atoms with van der Waals surface area (Å²) < 4.78 is 11.3. The zero-order valence-electron chi connectivity index (χ0n) is 16.9. The highest BCUT2D eigenvalue weighted by Gasteiger charge is 2.23. The third-order valence-electron chi connectivity index (χ3n) is 5.29. The van der Waals surface area contributed by atoms with Crippen LogP contribution in [0.4, 0.5) is 0 Å². The molecule has 0 radical (unpaired) electrons. The highest BCUT2D eigenvalue weighted by Crippen LogP contribution is 2.29. The molecule has 1 amide bonds. The summed E-state index contributed by atoms with van der Waals surface area (Å²) >= 11 is 0. The summed E-state index contributed by atoms with van der Waals surface area (Å²) in [6.45, 7) is 6.17. The monoisotopic (exact) mass is 383 g/mol. The molecule has 2 aromatic rings. The number of carbonyl (C=O) groups excluding carboxylic acids is 1. The van der Waals surface area contributed by atoms with E-state index < -0.39 is 0 Å². The molecule has 5 heteroatoms. The maximum Gasteiger partial charge on any atom is 0.251 e. The smallest absolute Gasteiger partial charge is 0.251 e. The van der Waals surface area contributed by atoms with E-state index in [1.807, 2.05) is 36.4 Å². The zero-order valence-corrected chi connectivity index (χ0v) is 16.9. The van der Waals surface area contributed by atoms with E-state index in [-0.39, 0.29) is 11.9 Å². The highest BCUT2D eigenvalue weighted by atomic mass is 16.5. The van der Waals surface area contributed by atoms with Gasteiger partial charge in [-0.05, 0) is 30.2 Å². The predicted molar refractivity (Wildman–Crippen MR) is 110 cm³/mol. The van der Waals surface area contributed by atoms with Gasteiger partial charge in [0.1, 0.15) is 6.61 Å². The average molecular weight is 384 g/mol. The van der Waals surface area contributed by atoms with Gasteiger partial charge in [-0.25, -0.2) is 0 Å². The van der Waals surface area contributed by atoms with Crippen LogP contribution < -0.4 is 19.7 Å². The lowest BCUT2D eigenvalue weighted by atomic mass is 10.0. The fourth-order valence-electron chi connectivity index (χ4n) is 3.71. The molecule has 3 rings (SSSR count). The molecule has 2 aromatic carbocycles. The number of hydrogen-bond donors (Lipinski definition) is 2. The molecule has 0 atom stereocenters. The fourth-order valence-corrected chi connectivity index (χ4v) is 3.71. The number of amides is 1. The zero-order chi connectivity index (χ0) is 19.8. The second kappa shape index (κ2) is 10.1. The molecule has 5 nitrogen and oxygen atoms in total. The summed E-state index contributed by atoms with van der Waals surface area (Å²) in [6, 6.07) is 15.6. The van der Waals surface area contributed by atoms with E-state index in [4.69, 9.17) is 9.47 Å². The summed E-state index contributed by atoms with van der Waals surface area (Å²) in [5, 5.41) is 3.18. The van der Waals surface area contributed by atoms with E-state index in [0.717, 1.165) is 31.5 Å². The lowest BCUT2D eigenvalue weighted by Gasteiger charge is -2.29. The topological polar surface area (TPSA) is 52.0 Å². The second-order valence-corrected chi connectivity index (χ2v) is 7.39. The molecular formula is C23H31N2O3+. The first-order chi connectivity index (χ1) is 13.7. The minimum Gasteiger partial charge on any atom is -0.493 e. The minimum absolute atomic E-state index is 0.0446. The third-order valence-corrected chi connectivity index (χ3v) is 5.29. The Morgan fingerprint density at radius 3 is 2.54 bits per heavy atom. The third kappa shape index (κ3) is 5.49. The van der Waals surface area contributed by atoms with Crippen molar-refractivity contribution in [1.29, 1.82) is 0 Å². The molecule has 0 bridgehead atoms. The van der Waals surface area contributed by atoms with E-state index in [9.17, 15) is 4.79 Å². The molecule has 1 aliphatic rings. The van der Waals surface area contributed by atoms with E-state index in [1.165, 1.54) is 13.0 Å². The van der Waals surface area contributed by atoms with Crippen LogP contribution in [0.25, 0.3) is 0 Å². The average Bonchev–Trinajstić information content (AvgIpc) is 2.74. The Morgan fingerprint density at radius 1 is 1.11 bits per heavy atom. The molecule has 1 fully saturated rings. The maximum absolute atomic E-state index is 12.7. The predicted octanol–water partition coefficient (Wildman–Crippen LogP) is 2.46. The molecule has 0 spiro atoms. The van der Waals surface area contributed by atoms with Gasteiger partial charge in [0.25, 0.3) is 5.91 Å². The van der Waals surface area contributed by atoms with Gasteiger partial charge in [0.2, 0.25) is 0 Å². The van der Waals surface area contributed by atoms with Crippen LogP contribution in [0, 0.1) is 0 Å². The van der Waals surface area contributed by atoms with Gasteiger partial charge >= 0.3 is 0 Å². The van der Waals surface area contributed by atoms with Crippen LogP contribution >= 0.6 is 0 Å². The molecule has 1 saturated heterocycles. The van der Waals surface area contributed by atoms with Gasteiger partial charge in [0.15, 0.2) is 11.5 Å². The lowest BCUT2D eigenvalue weighted by Crippen LogP contribution is -3.13. The van der Waals surface area contributed by atoms with Crippen LogP contribution in [0.2, 0.25) is 0 Å². The number of rotatable bonds is 8. The molecule has 0 unspecified atom stereocenters. The van der Waals surface area contributed by atoms with E-state index in [2.05, 4.69) is 12.2 Å². The number of methoxy groups -OCH3 is 1. The largest absolute Gasteiger partial charge is 0.493 e. The van der Waals surface area contributed by atoms with Crippen molar-refractivity contribution >= 4 is 5.91 Å². The Balaban J connectivity index is 1.57. The van der Waals surface area contributed by atoms with E-state index in [1.54, 1.807) is 24.1 Å². The van der Waals surface area contributed by atoms with Crippen LogP contribution in [0.1, 0.15) is 42.1 Å². The summed E-state index contributed by atoms with van der Waals surface area (Å²) in [7, 11) is 1.60. The molecular weight excluding hydrogens is 352 g/mol. The Kier molecular flexibility index (Phi) is 7.31. The van der Waals surface area contributed by atoms with Crippen LogP contribution in [-0.2, 0) is 6.61 Å². The Hall–Kier alpha value is -2.53. The van der Waals surface area contributed by atoms with Crippen LogP contribution in [0.5, 0.6) is 11.5 Å². The lowest BCUT2D eigenvalue weighted by molar-refractivity contribution is -0.905. The van der Waals surface area contributed by atoms with Crippen molar-refractivity contribution in [1.82, 2.24) is 5.32 Å². The summed E-state index contributed by atoms with van der Waals surface area (Å²) in [6.07, 6.45) is 3.29. The Labute approximate surface area is 167 Å². The molecule has 0 aliphatic carbocycles. The van der Waals surface area contributed by atoms with Crippen molar-refractivity contribution in [2.75, 3.05) is 26.7 Å². The quantitative estimate of drug-likeness (QED) is 0.736. The molecule has 0 aromatic heterocycles. The van der Waals surface area contributed by atoms with Gasteiger partial charge in [-0.15, -0.1) is 0 Å². The van der Waals surface area contributed by atoms with Gasteiger partial charge in [-0.1, -0.05) is 37.3 Å². The number of carbonyl (C=O) groups is 1. The maximum atomic E-state index is 12.7. The number of piperidine rings is 1. The Bertz CT molecular complexity index is 756. The Morgan fingerprint density at radius 2 is 1.86 bits per heavy atom. The number of quaternary nitrogens is 1. The van der Waals surface area contributed by atoms with E-state index >= 15 is 0 Å². The summed E-state index contributed by atoms with van der Waals surface area (Å²) in [5.41, 5.74) is 1.69. The normalized spacial score (nSPS) is 19.1. The number of likely N-dealkylation sites (tertiary alicyclic amines) is 1. The second-order valence-electron chi connectivity index (χ2n) is 7.39. The molecule has 1 heterocycles. The first-order valence-electron chi connectivity index (χ1n) is 10.2. The summed E-state index contributed by atoms with van der Waals surface area (Å²) in [5.74, 6) is 1.17. The highest BCUT2D eigenvalue weighted by molar-refractivity contribution is 5.95. The van der Waals surface area contributed by atoms with Gasteiger partial charge < -0.3 is 19.7 Å². The van der Waals surface area contributed by atoms with Crippen molar-refractivity contribution in [2.45, 2.75) is 38.8 Å². The van der Waals surface area contributed by atoms with Gasteiger partial charge in [0, 0.05) is 24.4 Å². The van der Waals surface area contributed by atoms with Crippen molar-refractivity contribution in [3.63, 3.8) is 0 Å². The van der Waals surface area contributed by atoms with Gasteiger partial charge in [-0.3, -0.25) is 4.79 Å². The van der Waals surface area contributed by atoms with Crippen LogP contribution in [-0.4, -0.2) is 38.7 Å². The van der Waals surface area contributed by atoms with Gasteiger partial charge in [0.05, 0.1) is 26.7 Å². The number of nitrogens with one attached hydrogen (secondary N) is 2. The number of hydrogen-bond acceptors (Lipinski definition) is 3. The fraction of sp³-hybridized carbons (Fsp3) is 0.435. The van der Waals surface area contributed by atoms with Crippen molar-refractivity contribution in [3.8, 4) is 11.5 Å². The standard InChI is InChI=1S/C23H30N2O3/c1-3-13-25-14-11-20(12-15-25)24-23(26)19-9-10-21(22(16-19)27-2)28-17-18-7-5-4-6-8-18/h4-10,16,20H,3,11-15,17H2,1-2H3,(H,24,26)/p+1. The molecule has 0 saturated carbocycles. The van der Waals surface area contributed by atoms with Crippen molar-refractivity contribution in [2.24, 2.45) is 0 Å². The first kappa shape index (κ1) is 20.2. The van der Waals surface area contributed by atoms with Crippen LogP contribution in [0.3, 0.4) is 0 Å². The SMILES string of the molecule is CCC[NH+]1CCC(NC(=O)c2ccc(OCc3ccccc3)c(OC)c2)CC1. The molecule has 150 valence electrons. The minimum atomic E-state index is -0.0446. The number of benzene rings is 2. The molecule has 1 aliphatic heterocycles. The van der Waals surface area contributed by atoms with Gasteiger partial charge in [-0.2, -0.15) is 0 Å².